The van der Waals surface area contributed by atoms with Crippen LogP contribution in [-0.2, 0) is 0 Å². The standard InChI is InChI=1S/C17H14BrN3OS/c1-11-9-13(7-8-14(11)18)19-16(22)15-10-23-17(21-15)20-12-5-3-2-4-6-12/h2-10H,1H3,(H,19,22)(H,20,21). The molecule has 0 aliphatic heterocycles. The average Bonchev–Trinajstić information content (AvgIpc) is 3.00. The van der Waals surface area contributed by atoms with Crippen LogP contribution in [0.5, 0.6) is 0 Å². The molecule has 0 saturated heterocycles. The zero-order chi connectivity index (χ0) is 16.2. The molecule has 2 aromatic carbocycles. The second kappa shape index (κ2) is 6.93. The Bertz CT molecular complexity index is 833. The molecule has 0 saturated carbocycles. The van der Waals surface area contributed by atoms with Crippen LogP contribution in [-0.4, -0.2) is 10.9 Å². The first-order valence-electron chi connectivity index (χ1n) is 6.97. The summed E-state index contributed by atoms with van der Waals surface area (Å²) in [6.07, 6.45) is 0. The van der Waals surface area contributed by atoms with E-state index in [1.54, 1.807) is 5.38 Å². The predicted molar refractivity (Wildman–Crippen MR) is 98.7 cm³/mol. The number of hydrogen-bond donors (Lipinski definition) is 2. The van der Waals surface area contributed by atoms with Crippen molar-refractivity contribution < 1.29 is 4.79 Å². The fraction of sp³-hybridized carbons (Fsp3) is 0.0588. The number of carbonyl (C=O) groups excluding carboxylic acids is 1. The molecule has 0 aliphatic carbocycles. The minimum atomic E-state index is -0.218. The third kappa shape index (κ3) is 3.97. The molecule has 6 heteroatoms. The number of thiazole rings is 1. The smallest absolute Gasteiger partial charge is 0.275 e. The van der Waals surface area contributed by atoms with Gasteiger partial charge in [-0.05, 0) is 42.8 Å². The van der Waals surface area contributed by atoms with Gasteiger partial charge in [-0.25, -0.2) is 4.98 Å². The Morgan fingerprint density at radius 3 is 2.65 bits per heavy atom. The van der Waals surface area contributed by atoms with Gasteiger partial charge in [0.05, 0.1) is 0 Å². The summed E-state index contributed by atoms with van der Waals surface area (Å²) in [5, 5.41) is 8.47. The van der Waals surface area contributed by atoms with Gasteiger partial charge in [0, 0.05) is 21.2 Å². The van der Waals surface area contributed by atoms with Gasteiger partial charge in [-0.15, -0.1) is 11.3 Å². The van der Waals surface area contributed by atoms with Gasteiger partial charge in [0.15, 0.2) is 5.13 Å². The lowest BCUT2D eigenvalue weighted by Gasteiger charge is -2.05. The number of para-hydroxylation sites is 1. The van der Waals surface area contributed by atoms with Gasteiger partial charge in [-0.2, -0.15) is 0 Å². The summed E-state index contributed by atoms with van der Waals surface area (Å²) in [6.45, 7) is 1.98. The fourth-order valence-corrected chi connectivity index (χ4v) is 2.96. The van der Waals surface area contributed by atoms with E-state index in [9.17, 15) is 4.79 Å². The number of anilines is 3. The maximum Gasteiger partial charge on any atom is 0.275 e. The van der Waals surface area contributed by atoms with Crippen LogP contribution < -0.4 is 10.6 Å². The molecule has 0 fully saturated rings. The lowest BCUT2D eigenvalue weighted by atomic mass is 10.2. The van der Waals surface area contributed by atoms with Crippen molar-refractivity contribution in [3.8, 4) is 0 Å². The predicted octanol–water partition coefficient (Wildman–Crippen LogP) is 5.21. The minimum Gasteiger partial charge on any atom is -0.332 e. The Hall–Kier alpha value is -2.18. The van der Waals surface area contributed by atoms with E-state index in [4.69, 9.17) is 0 Å². The Morgan fingerprint density at radius 1 is 1.13 bits per heavy atom. The van der Waals surface area contributed by atoms with E-state index in [-0.39, 0.29) is 5.91 Å². The zero-order valence-corrected chi connectivity index (χ0v) is 14.7. The maximum atomic E-state index is 12.3. The molecule has 0 bridgehead atoms. The number of benzene rings is 2. The fourth-order valence-electron chi connectivity index (χ4n) is 2.00. The zero-order valence-electron chi connectivity index (χ0n) is 12.3. The van der Waals surface area contributed by atoms with Crippen LogP contribution in [0.1, 0.15) is 16.1 Å². The van der Waals surface area contributed by atoms with Gasteiger partial charge >= 0.3 is 0 Å². The summed E-state index contributed by atoms with van der Waals surface area (Å²) in [4.78, 5) is 16.6. The number of amides is 1. The maximum absolute atomic E-state index is 12.3. The molecule has 3 rings (SSSR count). The molecule has 1 amide bonds. The number of carbonyl (C=O) groups is 1. The number of halogens is 1. The highest BCUT2D eigenvalue weighted by Gasteiger charge is 2.11. The van der Waals surface area contributed by atoms with E-state index in [1.165, 1.54) is 11.3 Å². The van der Waals surface area contributed by atoms with E-state index < -0.39 is 0 Å². The van der Waals surface area contributed by atoms with Gasteiger partial charge in [-0.3, -0.25) is 4.79 Å². The Morgan fingerprint density at radius 2 is 1.91 bits per heavy atom. The summed E-state index contributed by atoms with van der Waals surface area (Å²) < 4.78 is 1.01. The van der Waals surface area contributed by atoms with Crippen molar-refractivity contribution in [3.63, 3.8) is 0 Å². The second-order valence-electron chi connectivity index (χ2n) is 4.95. The van der Waals surface area contributed by atoms with Crippen LogP contribution in [0.2, 0.25) is 0 Å². The topological polar surface area (TPSA) is 54.0 Å². The molecule has 0 aliphatic rings. The summed E-state index contributed by atoms with van der Waals surface area (Å²) in [7, 11) is 0. The highest BCUT2D eigenvalue weighted by molar-refractivity contribution is 9.10. The number of hydrogen-bond acceptors (Lipinski definition) is 4. The molecular formula is C17H14BrN3OS. The first kappa shape index (κ1) is 15.7. The number of nitrogens with one attached hydrogen (secondary N) is 2. The summed E-state index contributed by atoms with van der Waals surface area (Å²) in [6, 6.07) is 15.4. The number of nitrogens with zero attached hydrogens (tertiary/aromatic N) is 1. The largest absolute Gasteiger partial charge is 0.332 e. The van der Waals surface area contributed by atoms with Crippen LogP contribution in [0.15, 0.2) is 58.4 Å². The Labute approximate surface area is 146 Å². The van der Waals surface area contributed by atoms with Crippen LogP contribution in [0, 0.1) is 6.92 Å². The van der Waals surface area contributed by atoms with Gasteiger partial charge in [0.1, 0.15) is 5.69 Å². The van der Waals surface area contributed by atoms with E-state index in [0.29, 0.717) is 10.8 Å². The second-order valence-corrected chi connectivity index (χ2v) is 6.66. The van der Waals surface area contributed by atoms with Crippen molar-refractivity contribution in [1.82, 2.24) is 4.98 Å². The molecule has 1 aromatic heterocycles. The summed E-state index contributed by atoms with van der Waals surface area (Å²) >= 11 is 4.84. The highest BCUT2D eigenvalue weighted by Crippen LogP contribution is 2.23. The monoisotopic (exact) mass is 387 g/mol. The summed E-state index contributed by atoms with van der Waals surface area (Å²) in [5.74, 6) is -0.218. The Balaban J connectivity index is 1.69. The van der Waals surface area contributed by atoms with Crippen molar-refractivity contribution in [1.29, 1.82) is 0 Å². The SMILES string of the molecule is Cc1cc(NC(=O)c2csc(Nc3ccccc3)n2)ccc1Br. The number of rotatable bonds is 4. The van der Waals surface area contributed by atoms with Crippen LogP contribution in [0.3, 0.4) is 0 Å². The van der Waals surface area contributed by atoms with Gasteiger partial charge < -0.3 is 10.6 Å². The van der Waals surface area contributed by atoms with E-state index in [0.717, 1.165) is 21.4 Å². The lowest BCUT2D eigenvalue weighted by Crippen LogP contribution is -2.12. The van der Waals surface area contributed by atoms with E-state index >= 15 is 0 Å². The molecule has 23 heavy (non-hydrogen) atoms. The normalized spacial score (nSPS) is 10.3. The molecule has 0 unspecified atom stereocenters. The molecule has 0 spiro atoms. The van der Waals surface area contributed by atoms with Crippen molar-refractivity contribution in [2.75, 3.05) is 10.6 Å². The lowest BCUT2D eigenvalue weighted by molar-refractivity contribution is 0.102. The average molecular weight is 388 g/mol. The summed E-state index contributed by atoms with van der Waals surface area (Å²) in [5.41, 5.74) is 3.15. The van der Waals surface area contributed by atoms with E-state index in [1.807, 2.05) is 55.5 Å². The minimum absolute atomic E-state index is 0.218. The third-order valence-electron chi connectivity index (χ3n) is 3.18. The molecule has 0 radical (unpaired) electrons. The van der Waals surface area contributed by atoms with Gasteiger partial charge in [-0.1, -0.05) is 34.1 Å². The van der Waals surface area contributed by atoms with Crippen LogP contribution in [0.25, 0.3) is 0 Å². The quantitative estimate of drug-likeness (QED) is 0.645. The molecule has 1 heterocycles. The van der Waals surface area contributed by atoms with Gasteiger partial charge in [0.2, 0.25) is 0 Å². The van der Waals surface area contributed by atoms with Crippen LogP contribution in [0.4, 0.5) is 16.5 Å². The Kier molecular flexibility index (Phi) is 4.73. The first-order valence-corrected chi connectivity index (χ1v) is 8.64. The molecule has 4 nitrogen and oxygen atoms in total. The molecule has 2 N–H and O–H groups in total. The van der Waals surface area contributed by atoms with Crippen molar-refractivity contribution in [3.05, 3.63) is 69.6 Å². The van der Waals surface area contributed by atoms with Crippen molar-refractivity contribution >= 4 is 49.7 Å². The molecular weight excluding hydrogens is 374 g/mol. The number of aryl methyl sites for hydroxylation is 1. The number of aromatic nitrogens is 1. The van der Waals surface area contributed by atoms with Crippen molar-refractivity contribution in [2.45, 2.75) is 6.92 Å². The highest BCUT2D eigenvalue weighted by atomic mass is 79.9. The molecule has 0 atom stereocenters. The van der Waals surface area contributed by atoms with Crippen LogP contribution >= 0.6 is 27.3 Å². The third-order valence-corrected chi connectivity index (χ3v) is 4.83. The molecule has 3 aromatic rings. The molecule has 116 valence electrons. The first-order chi connectivity index (χ1) is 11.1. The van der Waals surface area contributed by atoms with Gasteiger partial charge in [0.25, 0.3) is 5.91 Å². The van der Waals surface area contributed by atoms with E-state index in [2.05, 4.69) is 31.5 Å². The van der Waals surface area contributed by atoms with Crippen molar-refractivity contribution in [2.24, 2.45) is 0 Å².